The van der Waals surface area contributed by atoms with Crippen LogP contribution in [0.3, 0.4) is 0 Å². The lowest BCUT2D eigenvalue weighted by Crippen LogP contribution is -2.41. The molecule has 5 aromatic rings. The van der Waals surface area contributed by atoms with E-state index in [-0.39, 0.29) is 53.0 Å². The first-order valence-corrected chi connectivity index (χ1v) is 19.5. The van der Waals surface area contributed by atoms with E-state index in [0.717, 1.165) is 55.2 Å². The molecule has 6 fully saturated rings. The molecule has 5 unspecified atom stereocenters. The van der Waals surface area contributed by atoms with Gasteiger partial charge in [-0.1, -0.05) is 40.5 Å². The minimum Gasteiger partial charge on any atom is -0.337 e. The normalized spacial score (nSPS) is 25.7. The summed E-state index contributed by atoms with van der Waals surface area (Å²) in [7, 11) is 0. The molecule has 3 aliphatic carbocycles. The topological polar surface area (TPSA) is 105 Å². The molecule has 0 spiro atoms. The van der Waals surface area contributed by atoms with Crippen molar-refractivity contribution in [2.45, 2.75) is 87.9 Å². The summed E-state index contributed by atoms with van der Waals surface area (Å²) in [6, 6.07) is 11.6. The van der Waals surface area contributed by atoms with Crippen molar-refractivity contribution in [1.29, 1.82) is 5.26 Å². The van der Waals surface area contributed by atoms with Gasteiger partial charge in [0.05, 0.1) is 45.5 Å². The molecule has 2 aromatic carbocycles. The second-order valence-corrected chi connectivity index (χ2v) is 16.7. The van der Waals surface area contributed by atoms with Crippen molar-refractivity contribution in [2.75, 3.05) is 19.8 Å². The van der Waals surface area contributed by atoms with Crippen LogP contribution < -0.4 is 5.32 Å². The van der Waals surface area contributed by atoms with Crippen LogP contribution in [-0.4, -0.2) is 61.2 Å². The van der Waals surface area contributed by atoms with E-state index in [9.17, 15) is 14.4 Å². The first-order chi connectivity index (χ1) is 25.7. The van der Waals surface area contributed by atoms with Gasteiger partial charge >= 0.3 is 0 Å². The Morgan fingerprint density at radius 3 is 2.70 bits per heavy atom. The Kier molecular flexibility index (Phi) is 7.70. The van der Waals surface area contributed by atoms with Gasteiger partial charge in [-0.25, -0.2) is 14.1 Å². The Hall–Kier alpha value is -4.11. The fourth-order valence-corrected chi connectivity index (χ4v) is 9.90. The molecule has 0 radical (unpaired) electrons. The summed E-state index contributed by atoms with van der Waals surface area (Å²) in [6.07, 6.45) is 7.40. The van der Waals surface area contributed by atoms with Gasteiger partial charge in [-0.3, -0.25) is 9.18 Å². The predicted octanol–water partition coefficient (Wildman–Crippen LogP) is 8.12. The van der Waals surface area contributed by atoms with Crippen molar-refractivity contribution >= 4 is 50.9 Å². The molecular formula is C40H38Cl2F2N8O. The summed E-state index contributed by atoms with van der Waals surface area (Å²) in [4.78, 5) is 21.1. The molecule has 3 aliphatic heterocycles. The number of carbonyl (C=O) groups is 1. The van der Waals surface area contributed by atoms with Crippen molar-refractivity contribution in [3.05, 3.63) is 75.0 Å². The molecule has 272 valence electrons. The van der Waals surface area contributed by atoms with Crippen molar-refractivity contribution in [3.8, 4) is 17.2 Å². The third-order valence-electron chi connectivity index (χ3n) is 12.8. The van der Waals surface area contributed by atoms with Gasteiger partial charge in [-0.2, -0.15) is 5.26 Å². The number of hydrogen-bond acceptors (Lipinski definition) is 6. The average Bonchev–Trinajstić information content (AvgIpc) is 3.76. The molecule has 1 amide bonds. The largest absolute Gasteiger partial charge is 0.337 e. The molecule has 2 bridgehead atoms. The van der Waals surface area contributed by atoms with E-state index < -0.39 is 17.9 Å². The number of nitrogens with zero attached hydrogens (tertiary/aromatic N) is 7. The minimum absolute atomic E-state index is 0.0148. The summed E-state index contributed by atoms with van der Waals surface area (Å²) >= 11 is 13.1. The number of nitrogens with one attached hydrogen (secondary N) is 1. The van der Waals surface area contributed by atoms with Crippen molar-refractivity contribution in [2.24, 2.45) is 11.8 Å². The number of benzene rings is 2. The monoisotopic (exact) mass is 754 g/mol. The zero-order valence-electron chi connectivity index (χ0n) is 29.3. The van der Waals surface area contributed by atoms with Gasteiger partial charge in [-0.15, -0.1) is 5.10 Å². The van der Waals surface area contributed by atoms with Gasteiger partial charge in [-0.05, 0) is 81.5 Å². The number of pyridine rings is 1. The highest BCUT2D eigenvalue weighted by molar-refractivity contribution is 6.43. The molecule has 13 heteroatoms. The maximum Gasteiger partial charge on any atom is 0.226 e. The third-order valence-corrected chi connectivity index (χ3v) is 13.6. The molecule has 6 heterocycles. The smallest absolute Gasteiger partial charge is 0.226 e. The average molecular weight is 756 g/mol. The Morgan fingerprint density at radius 1 is 1.17 bits per heavy atom. The van der Waals surface area contributed by atoms with Gasteiger partial charge in [0, 0.05) is 76.4 Å². The maximum absolute atomic E-state index is 17.2. The summed E-state index contributed by atoms with van der Waals surface area (Å²) < 4.78 is 35.5. The molecule has 5 atom stereocenters. The molecule has 6 aliphatic rings. The number of aromatic nitrogens is 5. The van der Waals surface area contributed by atoms with Crippen LogP contribution in [0.4, 0.5) is 8.78 Å². The molecule has 3 saturated heterocycles. The van der Waals surface area contributed by atoms with E-state index in [4.69, 9.17) is 28.2 Å². The zero-order chi connectivity index (χ0) is 36.3. The molecular weight excluding hydrogens is 717 g/mol. The lowest BCUT2D eigenvalue weighted by atomic mass is 9.79. The first-order valence-electron chi connectivity index (χ1n) is 18.7. The first kappa shape index (κ1) is 33.5. The number of hydrogen-bond donors (Lipinski definition) is 1. The fourth-order valence-electron chi connectivity index (χ4n) is 9.50. The van der Waals surface area contributed by atoms with Crippen LogP contribution in [0.5, 0.6) is 0 Å². The molecule has 53 heavy (non-hydrogen) atoms. The van der Waals surface area contributed by atoms with Crippen LogP contribution >= 0.6 is 23.2 Å². The second kappa shape index (κ2) is 12.2. The highest BCUT2D eigenvalue weighted by Gasteiger charge is 2.52. The number of alkyl halides is 1. The number of nitriles is 1. The minimum atomic E-state index is -0.520. The summed E-state index contributed by atoms with van der Waals surface area (Å²) in [6.45, 7) is 2.85. The van der Waals surface area contributed by atoms with Gasteiger partial charge in [0.25, 0.3) is 0 Å². The van der Waals surface area contributed by atoms with E-state index in [1.807, 2.05) is 28.8 Å². The highest BCUT2D eigenvalue weighted by atomic mass is 35.5. The molecule has 1 N–H and O–H groups in total. The summed E-state index contributed by atoms with van der Waals surface area (Å²) in [5.41, 5.74) is 4.44. The SMILES string of the molecule is Cc1nc2c(F)c(-c3cccc(Cl)c3Cl)c(CCC#N)cc2c2c1cc(C1CC(n3cc(C4(CF)CC4)nn3)CN1C(=O)C1CC1)n2C1C2CNC1C2. The number of likely N-dealkylation sites (tertiary alicyclic amines) is 1. The zero-order valence-corrected chi connectivity index (χ0v) is 30.8. The number of carbonyl (C=O) groups excluding carboxylic acids is 1. The maximum atomic E-state index is 17.2. The number of fused-ring (bicyclic) bond motifs is 4. The quantitative estimate of drug-likeness (QED) is 0.163. The lowest BCUT2D eigenvalue weighted by Gasteiger charge is -2.39. The third kappa shape index (κ3) is 5.08. The van der Waals surface area contributed by atoms with Crippen LogP contribution in [0.25, 0.3) is 32.9 Å². The van der Waals surface area contributed by atoms with Gasteiger partial charge < -0.3 is 14.8 Å². The van der Waals surface area contributed by atoms with E-state index >= 15 is 4.39 Å². The standard InChI is InChI=1S/C40H38Cl2F2N8O/c1-20-26-15-31(30-14-24(17-50(30)39(53)21-7-8-21)51-18-32(48-49-51)40(19-43)9-10-40)52(37-23-13-29(37)46-16-23)38(26)27-12-22(4-3-11-45)33(35(44)36(27)47-20)25-5-2-6-28(41)34(25)42/h2,5-6,12,15,18,21,23-24,29-30,37,46H,3-4,7-10,13-14,16-17,19H2,1H3. The van der Waals surface area contributed by atoms with Crippen LogP contribution in [0, 0.1) is 35.9 Å². The van der Waals surface area contributed by atoms with Crippen molar-refractivity contribution in [1.82, 2.24) is 34.8 Å². The van der Waals surface area contributed by atoms with Crippen molar-refractivity contribution < 1.29 is 13.6 Å². The molecule has 9 nitrogen and oxygen atoms in total. The lowest BCUT2D eigenvalue weighted by molar-refractivity contribution is -0.133. The van der Waals surface area contributed by atoms with Crippen LogP contribution in [0.15, 0.2) is 36.5 Å². The molecule has 3 saturated carbocycles. The van der Waals surface area contributed by atoms with E-state index in [1.165, 1.54) is 0 Å². The number of aryl methyl sites for hydroxylation is 2. The second-order valence-electron chi connectivity index (χ2n) is 15.9. The molecule has 11 rings (SSSR count). The number of rotatable bonds is 9. The van der Waals surface area contributed by atoms with Crippen LogP contribution in [-0.2, 0) is 16.6 Å². The van der Waals surface area contributed by atoms with E-state index in [0.29, 0.717) is 63.8 Å². The van der Waals surface area contributed by atoms with E-state index in [1.54, 1.807) is 18.2 Å². The Labute approximate surface area is 315 Å². The van der Waals surface area contributed by atoms with Gasteiger partial charge in [0.1, 0.15) is 12.2 Å². The van der Waals surface area contributed by atoms with Crippen LogP contribution in [0.1, 0.15) is 85.7 Å². The Bertz CT molecular complexity index is 2380. The number of amides is 1. The van der Waals surface area contributed by atoms with Gasteiger partial charge in [0.2, 0.25) is 5.91 Å². The number of halogens is 4. The van der Waals surface area contributed by atoms with Gasteiger partial charge in [0.15, 0.2) is 5.82 Å². The predicted molar refractivity (Wildman–Crippen MR) is 198 cm³/mol. The summed E-state index contributed by atoms with van der Waals surface area (Å²) in [5, 5.41) is 24.4. The van der Waals surface area contributed by atoms with E-state index in [2.05, 4.69) is 32.3 Å². The summed E-state index contributed by atoms with van der Waals surface area (Å²) in [5.74, 6) is 0.0625. The fraction of sp³-hybridized carbons (Fsp3) is 0.475. The highest BCUT2D eigenvalue weighted by Crippen LogP contribution is 2.53. The Morgan fingerprint density at radius 2 is 2.00 bits per heavy atom. The Balaban J connectivity index is 1.18. The van der Waals surface area contributed by atoms with Crippen molar-refractivity contribution in [3.63, 3.8) is 0 Å². The van der Waals surface area contributed by atoms with Crippen LogP contribution in [0.2, 0.25) is 10.0 Å². The molecule has 3 aromatic heterocycles.